The summed E-state index contributed by atoms with van der Waals surface area (Å²) in [5.74, 6) is 0.772. The van der Waals surface area contributed by atoms with E-state index < -0.39 is 0 Å². The summed E-state index contributed by atoms with van der Waals surface area (Å²) < 4.78 is 10.6. The van der Waals surface area contributed by atoms with E-state index >= 15 is 0 Å². The van der Waals surface area contributed by atoms with E-state index in [0.717, 1.165) is 32.1 Å². The molecule has 0 bridgehead atoms. The summed E-state index contributed by atoms with van der Waals surface area (Å²) in [6, 6.07) is 0. The topological polar surface area (TPSA) is 50.7 Å². The van der Waals surface area contributed by atoms with Gasteiger partial charge in [-0.2, -0.15) is 0 Å². The monoisotopic (exact) mass is 257 g/mol. The van der Waals surface area contributed by atoms with E-state index in [1.165, 1.54) is 25.7 Å². The molecule has 1 unspecified atom stereocenters. The minimum atomic E-state index is -0.373. The number of ether oxygens (including phenoxy) is 2. The summed E-state index contributed by atoms with van der Waals surface area (Å²) in [6.45, 7) is 3.77. The van der Waals surface area contributed by atoms with Gasteiger partial charge in [-0.15, -0.1) is 0 Å². The molecule has 0 spiro atoms. The van der Waals surface area contributed by atoms with Crippen LogP contribution in [0.2, 0.25) is 0 Å². The molecular formula is C14H27NO3. The normalized spacial score (nSPS) is 23.0. The number of aliphatic hydroxyl groups excluding tert-OH is 1. The molecule has 0 aromatic carbocycles. The molecular weight excluding hydrogens is 230 g/mol. The molecule has 0 saturated heterocycles. The molecule has 4 heteroatoms. The van der Waals surface area contributed by atoms with Crippen molar-refractivity contribution < 1.29 is 14.6 Å². The van der Waals surface area contributed by atoms with E-state index in [1.807, 2.05) is 0 Å². The van der Waals surface area contributed by atoms with Crippen molar-refractivity contribution in [3.8, 4) is 0 Å². The van der Waals surface area contributed by atoms with Crippen molar-refractivity contribution >= 4 is 0 Å². The Balaban J connectivity index is 1.46. The van der Waals surface area contributed by atoms with Crippen LogP contribution in [0.1, 0.15) is 32.1 Å². The third-order valence-electron chi connectivity index (χ3n) is 4.03. The molecule has 0 aromatic heterocycles. The first kappa shape index (κ1) is 14.3. The molecule has 18 heavy (non-hydrogen) atoms. The average molecular weight is 257 g/mol. The van der Waals surface area contributed by atoms with Crippen LogP contribution in [0, 0.1) is 11.3 Å². The van der Waals surface area contributed by atoms with Crippen LogP contribution in [0.5, 0.6) is 0 Å². The Kier molecular flexibility index (Phi) is 5.42. The largest absolute Gasteiger partial charge is 0.389 e. The maximum Gasteiger partial charge on any atom is 0.0897 e. The number of aliphatic hydroxyl groups is 1. The lowest BCUT2D eigenvalue weighted by Gasteiger charge is -2.17. The zero-order chi connectivity index (χ0) is 12.8. The second-order valence-corrected chi connectivity index (χ2v) is 6.01. The highest BCUT2D eigenvalue weighted by molar-refractivity contribution is 4.94. The summed E-state index contributed by atoms with van der Waals surface area (Å²) >= 11 is 0. The van der Waals surface area contributed by atoms with Crippen LogP contribution in [-0.4, -0.2) is 51.2 Å². The first-order valence-electron chi connectivity index (χ1n) is 7.20. The minimum Gasteiger partial charge on any atom is -0.389 e. The van der Waals surface area contributed by atoms with Gasteiger partial charge in [-0.05, 0) is 43.4 Å². The summed E-state index contributed by atoms with van der Waals surface area (Å²) in [5.41, 5.74) is 0.449. The van der Waals surface area contributed by atoms with Crippen LogP contribution in [-0.2, 0) is 9.47 Å². The molecule has 2 aliphatic rings. The number of methoxy groups -OCH3 is 1. The Labute approximate surface area is 110 Å². The predicted octanol–water partition coefficient (Wildman–Crippen LogP) is 1.18. The van der Waals surface area contributed by atoms with Crippen LogP contribution >= 0.6 is 0 Å². The average Bonchev–Trinajstić information content (AvgIpc) is 3.23. The third kappa shape index (κ3) is 5.22. The molecule has 2 N–H and O–H groups in total. The summed E-state index contributed by atoms with van der Waals surface area (Å²) in [4.78, 5) is 0. The maximum absolute atomic E-state index is 9.76. The van der Waals surface area contributed by atoms with Crippen molar-refractivity contribution in [2.75, 3.05) is 40.0 Å². The fourth-order valence-electron chi connectivity index (χ4n) is 2.23. The smallest absolute Gasteiger partial charge is 0.0897 e. The first-order valence-corrected chi connectivity index (χ1v) is 7.20. The lowest BCUT2D eigenvalue weighted by Crippen LogP contribution is -2.34. The highest BCUT2D eigenvalue weighted by Gasteiger charge is 2.41. The van der Waals surface area contributed by atoms with Gasteiger partial charge in [-0.1, -0.05) is 0 Å². The first-order chi connectivity index (χ1) is 8.74. The molecule has 2 fully saturated rings. The van der Waals surface area contributed by atoms with E-state index in [1.54, 1.807) is 7.11 Å². The van der Waals surface area contributed by atoms with Crippen LogP contribution in [0.4, 0.5) is 0 Å². The Hall–Kier alpha value is -0.160. The molecule has 1 atom stereocenters. The van der Waals surface area contributed by atoms with Gasteiger partial charge in [0.2, 0.25) is 0 Å². The molecule has 0 aliphatic heterocycles. The standard InChI is InChI=1S/C14H27NO3/c1-17-7-6-14(4-5-14)11-15-8-13(16)10-18-9-12-2-3-12/h12-13,15-16H,2-11H2,1H3. The fourth-order valence-corrected chi connectivity index (χ4v) is 2.23. The molecule has 2 saturated carbocycles. The van der Waals surface area contributed by atoms with E-state index in [-0.39, 0.29) is 6.10 Å². The van der Waals surface area contributed by atoms with E-state index in [2.05, 4.69) is 5.32 Å². The Morgan fingerprint density at radius 2 is 2.17 bits per heavy atom. The van der Waals surface area contributed by atoms with Crippen LogP contribution in [0.3, 0.4) is 0 Å². The second-order valence-electron chi connectivity index (χ2n) is 6.01. The molecule has 106 valence electrons. The van der Waals surface area contributed by atoms with Gasteiger partial charge in [0.25, 0.3) is 0 Å². The summed E-state index contributed by atoms with van der Waals surface area (Å²) in [7, 11) is 1.75. The van der Waals surface area contributed by atoms with Crippen LogP contribution < -0.4 is 5.32 Å². The molecule has 2 aliphatic carbocycles. The zero-order valence-corrected chi connectivity index (χ0v) is 11.5. The van der Waals surface area contributed by atoms with Gasteiger partial charge in [-0.25, -0.2) is 0 Å². The fraction of sp³-hybridized carbons (Fsp3) is 1.00. The lowest BCUT2D eigenvalue weighted by molar-refractivity contribution is 0.0318. The van der Waals surface area contributed by atoms with Crippen molar-refractivity contribution in [3.63, 3.8) is 0 Å². The molecule has 0 aromatic rings. The van der Waals surface area contributed by atoms with E-state index in [9.17, 15) is 5.11 Å². The Bertz CT molecular complexity index is 239. The lowest BCUT2D eigenvalue weighted by atomic mass is 10.0. The van der Waals surface area contributed by atoms with E-state index in [0.29, 0.717) is 18.6 Å². The number of hydrogen-bond donors (Lipinski definition) is 2. The Morgan fingerprint density at radius 3 is 2.78 bits per heavy atom. The zero-order valence-electron chi connectivity index (χ0n) is 11.5. The van der Waals surface area contributed by atoms with Gasteiger partial charge in [0.15, 0.2) is 0 Å². The van der Waals surface area contributed by atoms with Crippen molar-refractivity contribution in [1.82, 2.24) is 5.32 Å². The van der Waals surface area contributed by atoms with Crippen molar-refractivity contribution in [2.45, 2.75) is 38.2 Å². The summed E-state index contributed by atoms with van der Waals surface area (Å²) in [5, 5.41) is 13.1. The second kappa shape index (κ2) is 6.85. The van der Waals surface area contributed by atoms with Crippen molar-refractivity contribution in [2.24, 2.45) is 11.3 Å². The van der Waals surface area contributed by atoms with Crippen LogP contribution in [0.15, 0.2) is 0 Å². The third-order valence-corrected chi connectivity index (χ3v) is 4.03. The molecule has 2 rings (SSSR count). The van der Waals surface area contributed by atoms with Gasteiger partial charge in [0.05, 0.1) is 12.7 Å². The number of nitrogens with one attached hydrogen (secondary N) is 1. The SMILES string of the molecule is COCCC1(CNCC(O)COCC2CC2)CC1. The van der Waals surface area contributed by atoms with Crippen LogP contribution in [0.25, 0.3) is 0 Å². The molecule has 0 heterocycles. The van der Waals surface area contributed by atoms with Gasteiger partial charge in [0.1, 0.15) is 0 Å². The number of hydrogen-bond acceptors (Lipinski definition) is 4. The van der Waals surface area contributed by atoms with Gasteiger partial charge < -0.3 is 19.9 Å². The van der Waals surface area contributed by atoms with Crippen molar-refractivity contribution in [3.05, 3.63) is 0 Å². The van der Waals surface area contributed by atoms with Crippen molar-refractivity contribution in [1.29, 1.82) is 0 Å². The molecule has 0 amide bonds. The minimum absolute atomic E-state index is 0.373. The molecule has 4 nitrogen and oxygen atoms in total. The summed E-state index contributed by atoms with van der Waals surface area (Å²) in [6.07, 6.45) is 5.94. The Morgan fingerprint density at radius 1 is 1.39 bits per heavy atom. The van der Waals surface area contributed by atoms with E-state index in [4.69, 9.17) is 9.47 Å². The molecule has 0 radical (unpaired) electrons. The highest BCUT2D eigenvalue weighted by Crippen LogP contribution is 2.48. The highest BCUT2D eigenvalue weighted by atomic mass is 16.5. The quantitative estimate of drug-likeness (QED) is 0.583. The van der Waals surface area contributed by atoms with Gasteiger partial charge in [0, 0.05) is 33.4 Å². The predicted molar refractivity (Wildman–Crippen MR) is 70.6 cm³/mol. The van der Waals surface area contributed by atoms with Gasteiger partial charge >= 0.3 is 0 Å². The van der Waals surface area contributed by atoms with Gasteiger partial charge in [-0.3, -0.25) is 0 Å². The maximum atomic E-state index is 9.76. The number of rotatable bonds is 11.